The zero-order valence-electron chi connectivity index (χ0n) is 13.4. The maximum atomic E-state index is 10.8. The largest absolute Gasteiger partial charge is 0.508 e. The van der Waals surface area contributed by atoms with Crippen molar-refractivity contribution in [3.05, 3.63) is 81.9 Å². The summed E-state index contributed by atoms with van der Waals surface area (Å²) in [6, 6.07) is 17.6. The van der Waals surface area contributed by atoms with Crippen LogP contribution in [0.1, 0.15) is 17.2 Å². The predicted octanol–water partition coefficient (Wildman–Crippen LogP) is 3.28. The Balaban J connectivity index is 1.65. The number of benzene rings is 3. The first kappa shape index (κ1) is 16.9. The number of phenolic OH excluding ortho intramolecular Hbond substituents is 1. The summed E-state index contributed by atoms with van der Waals surface area (Å²) in [6.07, 6.45) is -0.717. The van der Waals surface area contributed by atoms with Crippen LogP contribution in [0.2, 0.25) is 0 Å². The van der Waals surface area contributed by atoms with Crippen LogP contribution < -0.4 is 5.32 Å². The summed E-state index contributed by atoms with van der Waals surface area (Å²) in [5.41, 5.74) is 1.12. The van der Waals surface area contributed by atoms with Crippen molar-refractivity contribution in [2.45, 2.75) is 12.6 Å². The van der Waals surface area contributed by atoms with E-state index in [0.717, 1.165) is 16.3 Å². The van der Waals surface area contributed by atoms with Crippen LogP contribution in [-0.4, -0.2) is 21.7 Å². The number of fused-ring (bicyclic) bond motifs is 1. The van der Waals surface area contributed by atoms with Gasteiger partial charge in [-0.05, 0) is 28.5 Å². The minimum absolute atomic E-state index is 0.0155. The molecular weight excluding hydrogens is 320 g/mol. The van der Waals surface area contributed by atoms with E-state index in [4.69, 9.17) is 0 Å². The molecule has 0 aliphatic carbocycles. The van der Waals surface area contributed by atoms with Gasteiger partial charge in [-0.3, -0.25) is 10.1 Å². The van der Waals surface area contributed by atoms with Crippen LogP contribution in [0.25, 0.3) is 10.8 Å². The summed E-state index contributed by atoms with van der Waals surface area (Å²) in [4.78, 5) is 10.3. The van der Waals surface area contributed by atoms with Gasteiger partial charge in [0, 0.05) is 30.8 Å². The molecule has 0 aliphatic heterocycles. The number of nitrogens with zero attached hydrogens (tertiary/aromatic N) is 1. The zero-order valence-corrected chi connectivity index (χ0v) is 13.4. The van der Waals surface area contributed by atoms with Crippen LogP contribution >= 0.6 is 0 Å². The van der Waals surface area contributed by atoms with Gasteiger partial charge in [0.05, 0.1) is 11.0 Å². The molecule has 0 heterocycles. The SMILES string of the molecule is O=[N+]([O-])c1ccc(O)c(CNCC(O)c2ccc3ccccc3c2)c1. The fourth-order valence-corrected chi connectivity index (χ4v) is 2.70. The van der Waals surface area contributed by atoms with Gasteiger partial charge in [0.25, 0.3) is 5.69 Å². The number of nitro benzene ring substituents is 1. The fraction of sp³-hybridized carbons (Fsp3) is 0.158. The molecule has 1 atom stereocenters. The third kappa shape index (κ3) is 3.93. The number of aromatic hydroxyl groups is 1. The lowest BCUT2D eigenvalue weighted by Crippen LogP contribution is -2.21. The van der Waals surface area contributed by atoms with Crippen molar-refractivity contribution >= 4 is 16.5 Å². The number of non-ortho nitro benzene ring substituents is 1. The maximum Gasteiger partial charge on any atom is 0.270 e. The lowest BCUT2D eigenvalue weighted by atomic mass is 10.0. The van der Waals surface area contributed by atoms with E-state index in [0.29, 0.717) is 5.56 Å². The van der Waals surface area contributed by atoms with Crippen molar-refractivity contribution < 1.29 is 15.1 Å². The van der Waals surface area contributed by atoms with Gasteiger partial charge in [-0.2, -0.15) is 0 Å². The number of hydrogen-bond donors (Lipinski definition) is 3. The molecular formula is C19H18N2O4. The molecule has 0 aliphatic rings. The zero-order chi connectivity index (χ0) is 17.8. The van der Waals surface area contributed by atoms with Crippen LogP contribution in [0.3, 0.4) is 0 Å². The highest BCUT2D eigenvalue weighted by Gasteiger charge is 2.12. The number of phenols is 1. The lowest BCUT2D eigenvalue weighted by Gasteiger charge is -2.13. The molecule has 25 heavy (non-hydrogen) atoms. The monoisotopic (exact) mass is 338 g/mol. The average molecular weight is 338 g/mol. The molecule has 3 aromatic rings. The van der Waals surface area contributed by atoms with E-state index in [9.17, 15) is 20.3 Å². The third-order valence-electron chi connectivity index (χ3n) is 4.09. The second-order valence-electron chi connectivity index (χ2n) is 5.82. The number of aliphatic hydroxyl groups excluding tert-OH is 1. The summed E-state index contributed by atoms with van der Waals surface area (Å²) in [5.74, 6) is -0.0155. The minimum Gasteiger partial charge on any atom is -0.508 e. The molecule has 3 N–H and O–H groups in total. The van der Waals surface area contributed by atoms with Gasteiger partial charge in [-0.15, -0.1) is 0 Å². The van der Waals surface area contributed by atoms with Crippen molar-refractivity contribution in [1.82, 2.24) is 5.32 Å². The molecule has 0 aromatic heterocycles. The smallest absolute Gasteiger partial charge is 0.270 e. The molecule has 3 aromatic carbocycles. The standard InChI is InChI=1S/C19H18N2O4/c22-18-8-7-17(21(24)25)10-16(18)11-20-12-19(23)15-6-5-13-3-1-2-4-14(13)9-15/h1-10,19-20,22-23H,11-12H2. The Hall–Kier alpha value is -2.96. The molecule has 0 saturated carbocycles. The Labute approximate surface area is 144 Å². The van der Waals surface area contributed by atoms with Gasteiger partial charge in [0.2, 0.25) is 0 Å². The van der Waals surface area contributed by atoms with Crippen molar-refractivity contribution in [3.63, 3.8) is 0 Å². The second-order valence-corrected chi connectivity index (χ2v) is 5.82. The van der Waals surface area contributed by atoms with Crippen LogP contribution in [0.15, 0.2) is 60.7 Å². The number of hydrogen-bond acceptors (Lipinski definition) is 5. The summed E-state index contributed by atoms with van der Waals surface area (Å²) < 4.78 is 0. The quantitative estimate of drug-likeness (QED) is 0.473. The molecule has 0 spiro atoms. The molecule has 128 valence electrons. The van der Waals surface area contributed by atoms with Crippen LogP contribution in [0.5, 0.6) is 5.75 Å². The highest BCUT2D eigenvalue weighted by Crippen LogP contribution is 2.23. The van der Waals surface area contributed by atoms with Crippen molar-refractivity contribution in [1.29, 1.82) is 0 Å². The first-order valence-corrected chi connectivity index (χ1v) is 7.88. The van der Waals surface area contributed by atoms with Crippen LogP contribution in [-0.2, 0) is 6.54 Å². The summed E-state index contributed by atoms with van der Waals surface area (Å²) in [5, 5.41) is 36.1. The summed E-state index contributed by atoms with van der Waals surface area (Å²) in [7, 11) is 0. The van der Waals surface area contributed by atoms with E-state index in [1.54, 1.807) is 0 Å². The number of nitro groups is 1. The van der Waals surface area contributed by atoms with E-state index in [1.165, 1.54) is 18.2 Å². The predicted molar refractivity (Wildman–Crippen MR) is 95.4 cm³/mol. The fourth-order valence-electron chi connectivity index (χ4n) is 2.70. The Bertz CT molecular complexity index is 911. The molecule has 6 nitrogen and oxygen atoms in total. The Morgan fingerprint density at radius 1 is 1.04 bits per heavy atom. The summed E-state index contributed by atoms with van der Waals surface area (Å²) >= 11 is 0. The molecule has 6 heteroatoms. The van der Waals surface area contributed by atoms with Gasteiger partial charge in [-0.25, -0.2) is 0 Å². The first-order valence-electron chi connectivity index (χ1n) is 7.88. The van der Waals surface area contributed by atoms with Crippen LogP contribution in [0.4, 0.5) is 5.69 Å². The summed E-state index contributed by atoms with van der Waals surface area (Å²) in [6.45, 7) is 0.485. The Morgan fingerprint density at radius 3 is 2.56 bits per heavy atom. The molecule has 1 unspecified atom stereocenters. The highest BCUT2D eigenvalue weighted by atomic mass is 16.6. The maximum absolute atomic E-state index is 10.8. The molecule has 0 fully saturated rings. The Kier molecular flexibility index (Phi) is 4.92. The Morgan fingerprint density at radius 2 is 1.80 bits per heavy atom. The van der Waals surface area contributed by atoms with Gasteiger partial charge >= 0.3 is 0 Å². The topological polar surface area (TPSA) is 95.6 Å². The van der Waals surface area contributed by atoms with E-state index < -0.39 is 11.0 Å². The van der Waals surface area contributed by atoms with E-state index in [2.05, 4.69) is 5.32 Å². The third-order valence-corrected chi connectivity index (χ3v) is 4.09. The van der Waals surface area contributed by atoms with Gasteiger partial charge < -0.3 is 15.5 Å². The normalized spacial score (nSPS) is 12.2. The van der Waals surface area contributed by atoms with Gasteiger partial charge in [0.1, 0.15) is 5.75 Å². The molecule has 0 radical (unpaired) electrons. The van der Waals surface area contributed by atoms with Crippen molar-refractivity contribution in [2.24, 2.45) is 0 Å². The van der Waals surface area contributed by atoms with E-state index in [-0.39, 0.29) is 24.5 Å². The minimum atomic E-state index is -0.717. The molecule has 0 amide bonds. The number of aliphatic hydroxyl groups is 1. The number of rotatable bonds is 6. The van der Waals surface area contributed by atoms with Gasteiger partial charge in [-0.1, -0.05) is 36.4 Å². The second kappa shape index (κ2) is 7.29. The molecule has 0 bridgehead atoms. The lowest BCUT2D eigenvalue weighted by molar-refractivity contribution is -0.384. The number of nitrogens with one attached hydrogen (secondary N) is 1. The highest BCUT2D eigenvalue weighted by molar-refractivity contribution is 5.83. The molecule has 0 saturated heterocycles. The van der Waals surface area contributed by atoms with Crippen molar-refractivity contribution in [2.75, 3.05) is 6.54 Å². The van der Waals surface area contributed by atoms with E-state index in [1.807, 2.05) is 42.5 Å². The molecule has 3 rings (SSSR count). The average Bonchev–Trinajstić information content (AvgIpc) is 2.62. The van der Waals surface area contributed by atoms with Crippen molar-refractivity contribution in [3.8, 4) is 5.75 Å². The first-order chi connectivity index (χ1) is 12.0. The van der Waals surface area contributed by atoms with Crippen LogP contribution in [0, 0.1) is 10.1 Å². The van der Waals surface area contributed by atoms with Gasteiger partial charge in [0.15, 0.2) is 0 Å². The van der Waals surface area contributed by atoms with E-state index >= 15 is 0 Å².